The van der Waals surface area contributed by atoms with Crippen LogP contribution in [0.1, 0.15) is 31.7 Å². The molecule has 0 fully saturated rings. The third-order valence-corrected chi connectivity index (χ3v) is 7.90. The van der Waals surface area contributed by atoms with Gasteiger partial charge in [-0.05, 0) is 42.7 Å². The molecule has 1 amide bonds. The number of unbranched alkanes of at least 4 members (excludes halogenated alkanes) is 2. The molecule has 0 bridgehead atoms. The van der Waals surface area contributed by atoms with Gasteiger partial charge in [0.15, 0.2) is 0 Å². The second kappa shape index (κ2) is 10.9. The summed E-state index contributed by atoms with van der Waals surface area (Å²) in [4.78, 5) is 12.9. The highest BCUT2D eigenvalue weighted by atomic mass is 32.2. The van der Waals surface area contributed by atoms with E-state index in [1.807, 2.05) is 11.6 Å². The van der Waals surface area contributed by atoms with Crippen LogP contribution in [0.4, 0.5) is 5.69 Å². The van der Waals surface area contributed by atoms with Crippen LogP contribution in [-0.2, 0) is 31.4 Å². The smallest absolute Gasteiger partial charge is 0.330 e. The Morgan fingerprint density at radius 3 is 2.35 bits per heavy atom. The van der Waals surface area contributed by atoms with E-state index in [1.165, 1.54) is 24.3 Å². The summed E-state index contributed by atoms with van der Waals surface area (Å²) in [7, 11) is -7.87. The Morgan fingerprint density at radius 2 is 1.76 bits per heavy atom. The lowest BCUT2D eigenvalue weighted by Gasteiger charge is -2.19. The van der Waals surface area contributed by atoms with Gasteiger partial charge in [-0.1, -0.05) is 50.1 Å². The summed E-state index contributed by atoms with van der Waals surface area (Å²) in [6.45, 7) is 2.48. The third-order valence-electron chi connectivity index (χ3n) is 5.11. The Hall–Kier alpha value is -3.09. The summed E-state index contributed by atoms with van der Waals surface area (Å²) in [5.74, 6) is -0.946. The largest absolute Gasteiger partial charge is 0.493 e. The molecule has 10 nitrogen and oxygen atoms in total. The van der Waals surface area contributed by atoms with Crippen LogP contribution in [0.5, 0.6) is 0 Å². The molecule has 2 aromatic carbocycles. The Balaban J connectivity index is 1.78. The summed E-state index contributed by atoms with van der Waals surface area (Å²) < 4.78 is 55.1. The first kappa shape index (κ1) is 25.5. The molecule has 34 heavy (non-hydrogen) atoms. The number of rotatable bonds is 11. The van der Waals surface area contributed by atoms with Crippen molar-refractivity contribution in [2.75, 3.05) is 10.8 Å². The summed E-state index contributed by atoms with van der Waals surface area (Å²) in [5.41, 5.74) is 0.886. The lowest BCUT2D eigenvalue weighted by atomic mass is 10.1. The van der Waals surface area contributed by atoms with Gasteiger partial charge in [-0.2, -0.15) is 13.1 Å². The maximum absolute atomic E-state index is 12.8. The van der Waals surface area contributed by atoms with E-state index < -0.39 is 38.1 Å². The maximum Gasteiger partial charge on any atom is 0.330 e. The summed E-state index contributed by atoms with van der Waals surface area (Å²) in [6, 6.07) is 12.9. The second-order valence-electron chi connectivity index (χ2n) is 7.77. The van der Waals surface area contributed by atoms with Gasteiger partial charge in [-0.15, -0.1) is 0 Å². The fourth-order valence-corrected chi connectivity index (χ4v) is 5.64. The van der Waals surface area contributed by atoms with Gasteiger partial charge < -0.3 is 10.4 Å². The number of anilines is 1. The van der Waals surface area contributed by atoms with E-state index in [2.05, 4.69) is 10.0 Å². The molecule has 0 aromatic heterocycles. The van der Waals surface area contributed by atoms with Gasteiger partial charge in [0, 0.05) is 6.54 Å². The van der Waals surface area contributed by atoms with E-state index in [9.17, 15) is 26.7 Å². The SMILES string of the molecule is CCCCCNC(=O)[C@H](Cc1ccc(N2C=C(O)NS2(=O)=O)cc1)NS(=O)(=O)c1ccccc1. The van der Waals surface area contributed by atoms with Gasteiger partial charge in [0.05, 0.1) is 16.8 Å². The van der Waals surface area contributed by atoms with Crippen LogP contribution < -0.4 is 19.1 Å². The van der Waals surface area contributed by atoms with Crippen LogP contribution in [-0.4, -0.2) is 40.4 Å². The van der Waals surface area contributed by atoms with E-state index in [-0.39, 0.29) is 17.0 Å². The van der Waals surface area contributed by atoms with Gasteiger partial charge in [0.2, 0.25) is 21.8 Å². The highest BCUT2D eigenvalue weighted by Gasteiger charge is 2.29. The number of aliphatic hydroxyl groups is 1. The minimum Gasteiger partial charge on any atom is -0.493 e. The van der Waals surface area contributed by atoms with Crippen LogP contribution >= 0.6 is 0 Å². The number of benzene rings is 2. The van der Waals surface area contributed by atoms with Crippen molar-refractivity contribution in [2.24, 2.45) is 0 Å². The number of sulfonamides is 1. The van der Waals surface area contributed by atoms with Crippen molar-refractivity contribution in [1.82, 2.24) is 14.8 Å². The molecule has 3 rings (SSSR count). The summed E-state index contributed by atoms with van der Waals surface area (Å²) >= 11 is 0. The van der Waals surface area contributed by atoms with Crippen molar-refractivity contribution in [2.45, 2.75) is 43.5 Å². The quantitative estimate of drug-likeness (QED) is 0.341. The molecule has 184 valence electrons. The van der Waals surface area contributed by atoms with Crippen molar-refractivity contribution < 1.29 is 26.7 Å². The fourth-order valence-electron chi connectivity index (χ4n) is 3.37. The van der Waals surface area contributed by atoms with E-state index in [0.29, 0.717) is 12.1 Å². The average Bonchev–Trinajstić information content (AvgIpc) is 3.09. The molecule has 0 radical (unpaired) electrons. The Morgan fingerprint density at radius 1 is 1.09 bits per heavy atom. The van der Waals surface area contributed by atoms with Crippen molar-refractivity contribution in [1.29, 1.82) is 0 Å². The normalized spacial score (nSPS) is 15.9. The van der Waals surface area contributed by atoms with Gasteiger partial charge in [0.1, 0.15) is 6.04 Å². The number of hydrogen-bond acceptors (Lipinski definition) is 6. The average molecular weight is 509 g/mol. The fraction of sp³-hybridized carbons (Fsp3) is 0.318. The van der Waals surface area contributed by atoms with Gasteiger partial charge >= 0.3 is 10.2 Å². The van der Waals surface area contributed by atoms with Crippen molar-refractivity contribution in [3.63, 3.8) is 0 Å². The zero-order valence-corrected chi connectivity index (χ0v) is 20.3. The molecule has 0 saturated carbocycles. The lowest BCUT2D eigenvalue weighted by molar-refractivity contribution is -0.122. The summed E-state index contributed by atoms with van der Waals surface area (Å²) in [5, 5.41) is 12.2. The molecular formula is C22H28N4O6S2. The number of amides is 1. The van der Waals surface area contributed by atoms with Gasteiger partial charge in [-0.25, -0.2) is 17.4 Å². The topological polar surface area (TPSA) is 145 Å². The standard InChI is InChI=1S/C22H28N4O6S2/c1-2-3-7-14-23-22(28)20(24-33(29,30)19-8-5-4-6-9-19)15-17-10-12-18(13-11-17)26-16-21(27)25-34(26,31)32/h4-6,8-13,16,20,24-25,27H,2-3,7,14-15H2,1H3,(H,23,28)/t20-/m0/s1. The highest BCUT2D eigenvalue weighted by Crippen LogP contribution is 2.23. The van der Waals surface area contributed by atoms with Crippen LogP contribution in [0.25, 0.3) is 0 Å². The number of carbonyl (C=O) groups is 1. The van der Waals surface area contributed by atoms with Crippen LogP contribution in [0.2, 0.25) is 0 Å². The zero-order valence-electron chi connectivity index (χ0n) is 18.6. The number of carbonyl (C=O) groups excluding carboxylic acids is 1. The predicted octanol–water partition coefficient (Wildman–Crippen LogP) is 1.89. The van der Waals surface area contributed by atoms with E-state index >= 15 is 0 Å². The van der Waals surface area contributed by atoms with E-state index in [4.69, 9.17) is 0 Å². The first-order valence-electron chi connectivity index (χ1n) is 10.8. The molecule has 0 spiro atoms. The molecule has 0 aliphatic carbocycles. The zero-order chi connectivity index (χ0) is 24.8. The summed E-state index contributed by atoms with van der Waals surface area (Å²) in [6.07, 6.45) is 3.80. The van der Waals surface area contributed by atoms with Gasteiger partial charge in [-0.3, -0.25) is 4.79 Å². The Bertz CT molecular complexity index is 1230. The lowest BCUT2D eigenvalue weighted by Crippen LogP contribution is -2.48. The number of hydrogen-bond donors (Lipinski definition) is 4. The molecular weight excluding hydrogens is 480 g/mol. The molecule has 1 heterocycles. The van der Waals surface area contributed by atoms with Crippen LogP contribution in [0.3, 0.4) is 0 Å². The first-order valence-corrected chi connectivity index (χ1v) is 13.7. The number of nitrogens with zero attached hydrogens (tertiary/aromatic N) is 1. The molecule has 0 saturated heterocycles. The van der Waals surface area contributed by atoms with Crippen LogP contribution in [0, 0.1) is 0 Å². The van der Waals surface area contributed by atoms with E-state index in [1.54, 1.807) is 30.3 Å². The molecule has 0 unspecified atom stereocenters. The Kier molecular flexibility index (Phi) is 8.18. The van der Waals surface area contributed by atoms with Gasteiger partial charge in [0.25, 0.3) is 0 Å². The number of aliphatic hydroxyl groups excluding tert-OH is 1. The molecule has 1 aliphatic heterocycles. The second-order valence-corrected chi connectivity index (χ2v) is 11.0. The van der Waals surface area contributed by atoms with Crippen molar-refractivity contribution >= 4 is 31.8 Å². The highest BCUT2D eigenvalue weighted by molar-refractivity contribution is 7.91. The van der Waals surface area contributed by atoms with E-state index in [0.717, 1.165) is 29.8 Å². The molecule has 1 atom stereocenters. The maximum atomic E-state index is 12.8. The Labute approximate surface area is 199 Å². The third kappa shape index (κ3) is 6.49. The monoisotopic (exact) mass is 508 g/mol. The molecule has 4 N–H and O–H groups in total. The minimum atomic E-state index is -3.94. The first-order chi connectivity index (χ1) is 16.1. The van der Waals surface area contributed by atoms with Crippen LogP contribution in [0.15, 0.2) is 71.6 Å². The predicted molar refractivity (Wildman–Crippen MR) is 128 cm³/mol. The molecule has 1 aliphatic rings. The molecule has 12 heteroatoms. The minimum absolute atomic E-state index is 0.0486. The van der Waals surface area contributed by atoms with Crippen molar-refractivity contribution in [3.05, 3.63) is 72.2 Å². The number of nitrogens with one attached hydrogen (secondary N) is 3. The van der Waals surface area contributed by atoms with Crippen molar-refractivity contribution in [3.8, 4) is 0 Å². The molecule has 2 aromatic rings.